The van der Waals surface area contributed by atoms with E-state index in [0.717, 1.165) is 16.9 Å². The average Bonchev–Trinajstić information content (AvgIpc) is 2.72. The molecule has 0 bridgehead atoms. The lowest BCUT2D eigenvalue weighted by atomic mass is 10.1. The standard InChI is InChI=1S/C17H16FNO2/c18-15-7-5-13(6-8-15)11-17(20)19-9-10-21-16-4-2-1-3-14(16)12-19/h1-8H,9-12H2. The summed E-state index contributed by atoms with van der Waals surface area (Å²) in [6.07, 6.45) is 0.280. The summed E-state index contributed by atoms with van der Waals surface area (Å²) in [7, 11) is 0. The molecule has 0 aromatic heterocycles. The number of carbonyl (C=O) groups is 1. The minimum absolute atomic E-state index is 0.0295. The molecule has 2 aromatic carbocycles. The van der Waals surface area contributed by atoms with Gasteiger partial charge in [0.05, 0.1) is 13.0 Å². The molecule has 4 heteroatoms. The molecule has 1 aliphatic heterocycles. The Hall–Kier alpha value is -2.36. The fourth-order valence-electron chi connectivity index (χ4n) is 2.43. The Kier molecular flexibility index (Phi) is 3.86. The van der Waals surface area contributed by atoms with Crippen LogP contribution in [0.4, 0.5) is 4.39 Å². The number of amides is 1. The first kappa shape index (κ1) is 13.6. The molecule has 0 fully saturated rings. The first-order chi connectivity index (χ1) is 10.2. The van der Waals surface area contributed by atoms with Crippen LogP contribution < -0.4 is 4.74 Å². The SMILES string of the molecule is O=C(Cc1ccc(F)cc1)N1CCOc2ccccc2C1. The van der Waals surface area contributed by atoms with Gasteiger partial charge in [-0.1, -0.05) is 30.3 Å². The minimum atomic E-state index is -0.289. The number of para-hydroxylation sites is 1. The number of carbonyl (C=O) groups excluding carboxylic acids is 1. The third-order valence-electron chi connectivity index (χ3n) is 3.57. The lowest BCUT2D eigenvalue weighted by molar-refractivity contribution is -0.131. The van der Waals surface area contributed by atoms with Crippen molar-refractivity contribution in [1.29, 1.82) is 0 Å². The van der Waals surface area contributed by atoms with Gasteiger partial charge in [-0.15, -0.1) is 0 Å². The van der Waals surface area contributed by atoms with Crippen molar-refractivity contribution >= 4 is 5.91 Å². The first-order valence-corrected chi connectivity index (χ1v) is 6.95. The minimum Gasteiger partial charge on any atom is -0.491 e. The van der Waals surface area contributed by atoms with Gasteiger partial charge in [0, 0.05) is 12.1 Å². The monoisotopic (exact) mass is 285 g/mol. The molecule has 0 aliphatic carbocycles. The number of ether oxygens (including phenoxy) is 1. The molecule has 0 atom stereocenters. The molecule has 1 amide bonds. The summed E-state index contributed by atoms with van der Waals surface area (Å²) in [6, 6.07) is 13.8. The summed E-state index contributed by atoms with van der Waals surface area (Å²) in [5.41, 5.74) is 1.84. The van der Waals surface area contributed by atoms with E-state index in [-0.39, 0.29) is 18.1 Å². The normalized spacial score (nSPS) is 14.0. The zero-order chi connectivity index (χ0) is 14.7. The van der Waals surface area contributed by atoms with Gasteiger partial charge < -0.3 is 9.64 Å². The predicted octanol–water partition coefficient (Wildman–Crippen LogP) is 2.79. The highest BCUT2D eigenvalue weighted by molar-refractivity contribution is 5.79. The van der Waals surface area contributed by atoms with Crippen LogP contribution in [0.5, 0.6) is 5.75 Å². The van der Waals surface area contributed by atoms with E-state index in [1.165, 1.54) is 12.1 Å². The highest BCUT2D eigenvalue weighted by atomic mass is 19.1. The summed E-state index contributed by atoms with van der Waals surface area (Å²) in [4.78, 5) is 14.2. The van der Waals surface area contributed by atoms with Crippen LogP contribution in [0.1, 0.15) is 11.1 Å². The lowest BCUT2D eigenvalue weighted by Crippen LogP contribution is -2.33. The zero-order valence-electron chi connectivity index (χ0n) is 11.6. The Bertz CT molecular complexity index is 639. The van der Waals surface area contributed by atoms with Crippen LogP contribution in [0.2, 0.25) is 0 Å². The van der Waals surface area contributed by atoms with Gasteiger partial charge in [0.2, 0.25) is 5.91 Å². The van der Waals surface area contributed by atoms with Crippen LogP contribution in [0.3, 0.4) is 0 Å². The number of fused-ring (bicyclic) bond motifs is 1. The molecule has 21 heavy (non-hydrogen) atoms. The molecule has 2 aromatic rings. The van der Waals surface area contributed by atoms with Crippen LogP contribution in [0, 0.1) is 5.82 Å². The molecule has 0 saturated carbocycles. The number of hydrogen-bond acceptors (Lipinski definition) is 2. The van der Waals surface area contributed by atoms with Gasteiger partial charge in [-0.3, -0.25) is 4.79 Å². The van der Waals surface area contributed by atoms with Gasteiger partial charge in [-0.05, 0) is 23.8 Å². The molecule has 0 unspecified atom stereocenters. The summed E-state index contributed by atoms with van der Waals surface area (Å²) in [6.45, 7) is 1.61. The molecule has 0 radical (unpaired) electrons. The first-order valence-electron chi connectivity index (χ1n) is 6.95. The van der Waals surface area contributed by atoms with E-state index in [0.29, 0.717) is 19.7 Å². The van der Waals surface area contributed by atoms with E-state index in [1.807, 2.05) is 24.3 Å². The number of benzene rings is 2. The van der Waals surface area contributed by atoms with Crippen LogP contribution in [-0.4, -0.2) is 24.0 Å². The number of halogens is 1. The van der Waals surface area contributed by atoms with Gasteiger partial charge in [0.15, 0.2) is 0 Å². The van der Waals surface area contributed by atoms with Gasteiger partial charge in [0.25, 0.3) is 0 Å². The van der Waals surface area contributed by atoms with E-state index in [9.17, 15) is 9.18 Å². The van der Waals surface area contributed by atoms with Crippen LogP contribution >= 0.6 is 0 Å². The van der Waals surface area contributed by atoms with Crippen molar-refractivity contribution in [3.05, 3.63) is 65.5 Å². The maximum absolute atomic E-state index is 12.9. The Labute approximate surface area is 123 Å². The summed E-state index contributed by atoms with van der Waals surface area (Å²) < 4.78 is 18.5. The van der Waals surface area contributed by atoms with Gasteiger partial charge in [0.1, 0.15) is 18.2 Å². The Morgan fingerprint density at radius 1 is 1.14 bits per heavy atom. The van der Waals surface area contributed by atoms with E-state index >= 15 is 0 Å². The fraction of sp³-hybridized carbons (Fsp3) is 0.235. The molecule has 3 rings (SSSR count). The topological polar surface area (TPSA) is 29.5 Å². The number of nitrogens with zero attached hydrogens (tertiary/aromatic N) is 1. The lowest BCUT2D eigenvalue weighted by Gasteiger charge is -2.19. The van der Waals surface area contributed by atoms with Crippen molar-refractivity contribution < 1.29 is 13.9 Å². The Morgan fingerprint density at radius 2 is 1.90 bits per heavy atom. The van der Waals surface area contributed by atoms with Gasteiger partial charge in [-0.2, -0.15) is 0 Å². The molecule has 0 spiro atoms. The quantitative estimate of drug-likeness (QED) is 0.849. The smallest absolute Gasteiger partial charge is 0.227 e. The van der Waals surface area contributed by atoms with Crippen molar-refractivity contribution in [2.75, 3.05) is 13.2 Å². The Morgan fingerprint density at radius 3 is 2.71 bits per heavy atom. The van der Waals surface area contributed by atoms with E-state index in [4.69, 9.17) is 4.74 Å². The van der Waals surface area contributed by atoms with E-state index < -0.39 is 0 Å². The van der Waals surface area contributed by atoms with E-state index in [1.54, 1.807) is 17.0 Å². The fourth-order valence-corrected chi connectivity index (χ4v) is 2.43. The largest absolute Gasteiger partial charge is 0.491 e. The molecule has 3 nitrogen and oxygen atoms in total. The summed E-state index contributed by atoms with van der Waals surface area (Å²) in [5, 5.41) is 0. The van der Waals surface area contributed by atoms with Crippen molar-refractivity contribution in [2.45, 2.75) is 13.0 Å². The van der Waals surface area contributed by atoms with Crippen molar-refractivity contribution in [3.8, 4) is 5.75 Å². The Balaban J connectivity index is 1.71. The highest BCUT2D eigenvalue weighted by Gasteiger charge is 2.19. The average molecular weight is 285 g/mol. The zero-order valence-corrected chi connectivity index (χ0v) is 11.6. The second kappa shape index (κ2) is 5.95. The molecule has 108 valence electrons. The maximum atomic E-state index is 12.9. The second-order valence-corrected chi connectivity index (χ2v) is 5.07. The molecular formula is C17H16FNO2. The molecule has 1 heterocycles. The number of hydrogen-bond donors (Lipinski definition) is 0. The third kappa shape index (κ3) is 3.21. The van der Waals surface area contributed by atoms with Gasteiger partial charge >= 0.3 is 0 Å². The molecule has 0 saturated heterocycles. The summed E-state index contributed by atoms with van der Waals surface area (Å²) in [5.74, 6) is 0.583. The second-order valence-electron chi connectivity index (χ2n) is 5.07. The van der Waals surface area contributed by atoms with Crippen LogP contribution in [0.25, 0.3) is 0 Å². The predicted molar refractivity (Wildman–Crippen MR) is 77.5 cm³/mol. The van der Waals surface area contributed by atoms with E-state index in [2.05, 4.69) is 0 Å². The third-order valence-corrected chi connectivity index (χ3v) is 3.57. The van der Waals surface area contributed by atoms with Crippen molar-refractivity contribution in [2.24, 2.45) is 0 Å². The van der Waals surface area contributed by atoms with Gasteiger partial charge in [-0.25, -0.2) is 4.39 Å². The summed E-state index contributed by atoms with van der Waals surface area (Å²) >= 11 is 0. The number of rotatable bonds is 2. The van der Waals surface area contributed by atoms with Crippen LogP contribution in [-0.2, 0) is 17.8 Å². The molecule has 1 aliphatic rings. The van der Waals surface area contributed by atoms with Crippen molar-refractivity contribution in [3.63, 3.8) is 0 Å². The molecular weight excluding hydrogens is 269 g/mol. The van der Waals surface area contributed by atoms with Crippen molar-refractivity contribution in [1.82, 2.24) is 4.90 Å². The molecule has 0 N–H and O–H groups in total. The highest BCUT2D eigenvalue weighted by Crippen LogP contribution is 2.22. The maximum Gasteiger partial charge on any atom is 0.227 e. The van der Waals surface area contributed by atoms with Crippen LogP contribution in [0.15, 0.2) is 48.5 Å².